The largest absolute Gasteiger partial charge is 0.457 e. The summed E-state index contributed by atoms with van der Waals surface area (Å²) in [5, 5.41) is 40.1. The molecule has 9 heteroatoms. The molecule has 0 aliphatic carbocycles. The summed E-state index contributed by atoms with van der Waals surface area (Å²) >= 11 is 0. The zero-order valence-corrected chi connectivity index (χ0v) is 35.4. The Kier molecular flexibility index (Phi) is 35.9. The van der Waals surface area contributed by atoms with E-state index >= 15 is 0 Å². The number of hydrogen-bond donors (Lipinski definition) is 4. The number of ether oxygens (including phenoxy) is 4. The second kappa shape index (κ2) is 38.2. The first-order valence-corrected chi connectivity index (χ1v) is 22.9. The number of aliphatic hydroxyl groups is 4. The van der Waals surface area contributed by atoms with Gasteiger partial charge in [-0.2, -0.15) is 0 Å². The maximum Gasteiger partial charge on any atom is 0.306 e. The van der Waals surface area contributed by atoms with E-state index in [1.54, 1.807) is 0 Å². The minimum Gasteiger partial charge on any atom is -0.457 e. The van der Waals surface area contributed by atoms with Gasteiger partial charge in [0.1, 0.15) is 30.5 Å². The molecule has 324 valence electrons. The number of carbonyl (C=O) groups is 1. The van der Waals surface area contributed by atoms with E-state index in [4.69, 9.17) is 18.9 Å². The summed E-state index contributed by atoms with van der Waals surface area (Å²) in [6, 6.07) is 0. The molecule has 0 radical (unpaired) electrons. The van der Waals surface area contributed by atoms with Gasteiger partial charge in [-0.05, 0) is 64.2 Å². The molecule has 1 rings (SSSR count). The summed E-state index contributed by atoms with van der Waals surface area (Å²) in [6.07, 6.45) is 36.3. The molecule has 1 heterocycles. The van der Waals surface area contributed by atoms with Crippen molar-refractivity contribution in [2.75, 3.05) is 26.4 Å². The highest BCUT2D eigenvalue weighted by atomic mass is 16.7. The summed E-state index contributed by atoms with van der Waals surface area (Å²) in [5.41, 5.74) is 0. The molecule has 0 saturated carbocycles. The van der Waals surface area contributed by atoms with Crippen molar-refractivity contribution in [1.29, 1.82) is 0 Å². The van der Waals surface area contributed by atoms with Crippen LogP contribution in [0.25, 0.3) is 0 Å². The molecular formula is C46H86O9. The third-order valence-corrected chi connectivity index (χ3v) is 10.6. The zero-order chi connectivity index (χ0) is 40.0. The smallest absolute Gasteiger partial charge is 0.306 e. The first-order valence-electron chi connectivity index (χ1n) is 22.9. The quantitative estimate of drug-likeness (QED) is 0.0273. The molecule has 0 aromatic rings. The van der Waals surface area contributed by atoms with Crippen LogP contribution >= 0.6 is 0 Å². The van der Waals surface area contributed by atoms with Crippen molar-refractivity contribution in [3.63, 3.8) is 0 Å². The van der Waals surface area contributed by atoms with E-state index in [0.717, 1.165) is 32.1 Å². The number of aliphatic hydroxyl groups excluding tert-OH is 4. The van der Waals surface area contributed by atoms with Crippen molar-refractivity contribution in [1.82, 2.24) is 0 Å². The molecule has 0 spiro atoms. The molecular weight excluding hydrogens is 696 g/mol. The lowest BCUT2D eigenvalue weighted by Gasteiger charge is -2.39. The summed E-state index contributed by atoms with van der Waals surface area (Å²) in [4.78, 5) is 12.8. The van der Waals surface area contributed by atoms with Gasteiger partial charge in [0.2, 0.25) is 0 Å². The van der Waals surface area contributed by atoms with Crippen molar-refractivity contribution in [3.05, 3.63) is 24.3 Å². The number of rotatable bonds is 39. The molecule has 55 heavy (non-hydrogen) atoms. The van der Waals surface area contributed by atoms with E-state index < -0.39 is 43.4 Å². The van der Waals surface area contributed by atoms with E-state index in [9.17, 15) is 25.2 Å². The zero-order valence-electron chi connectivity index (χ0n) is 35.4. The molecule has 6 unspecified atom stereocenters. The molecule has 4 N–H and O–H groups in total. The molecule has 1 fully saturated rings. The maximum atomic E-state index is 12.8. The van der Waals surface area contributed by atoms with Crippen LogP contribution in [0, 0.1) is 0 Å². The molecule has 6 atom stereocenters. The van der Waals surface area contributed by atoms with Gasteiger partial charge in [0.05, 0.1) is 19.8 Å². The third-order valence-electron chi connectivity index (χ3n) is 10.6. The van der Waals surface area contributed by atoms with E-state index in [2.05, 4.69) is 38.2 Å². The number of carbonyl (C=O) groups excluding carboxylic acids is 1. The lowest BCUT2D eigenvalue weighted by atomic mass is 9.99. The van der Waals surface area contributed by atoms with Crippen LogP contribution in [0.5, 0.6) is 0 Å². The van der Waals surface area contributed by atoms with Gasteiger partial charge in [0, 0.05) is 13.0 Å². The molecule has 0 amide bonds. The molecule has 9 nitrogen and oxygen atoms in total. The maximum absolute atomic E-state index is 12.8. The van der Waals surface area contributed by atoms with Gasteiger partial charge in [-0.3, -0.25) is 4.79 Å². The average molecular weight is 783 g/mol. The number of unbranched alkanes of at least 4 members (excludes halogenated alkanes) is 24. The highest BCUT2D eigenvalue weighted by Gasteiger charge is 2.44. The van der Waals surface area contributed by atoms with Gasteiger partial charge in [0.25, 0.3) is 0 Å². The molecule has 0 aromatic heterocycles. The van der Waals surface area contributed by atoms with Gasteiger partial charge in [-0.15, -0.1) is 0 Å². The predicted octanol–water partition coefficient (Wildman–Crippen LogP) is 10.2. The standard InChI is InChI=1S/C46H86O9/c1-3-5-7-9-11-13-15-17-18-19-20-21-22-23-25-27-29-31-33-35-42(48)54-40(39-53-46-45(51)44(50)43(49)41(37-47)55-46)38-52-36-34-32-30-28-26-24-16-14-12-10-8-6-4-2/h12,14,17-18,40-41,43-47,49-51H,3-11,13,15-16,19-39H2,1-2H3/b14-12-,18-17-. The van der Waals surface area contributed by atoms with E-state index in [1.165, 1.54) is 148 Å². The fraction of sp³-hybridized carbons (Fsp3) is 0.891. The average Bonchev–Trinajstić information content (AvgIpc) is 3.18. The SMILES string of the molecule is CCCCC/C=C\CCCCCCCCOCC(COC1OC(CO)C(O)C(O)C1O)OC(=O)CCCCCCCCCCC/C=C\CCCCCCCC. The fourth-order valence-corrected chi connectivity index (χ4v) is 6.95. The molecule has 1 aliphatic rings. The lowest BCUT2D eigenvalue weighted by molar-refractivity contribution is -0.305. The van der Waals surface area contributed by atoms with Crippen LogP contribution in [0.3, 0.4) is 0 Å². The van der Waals surface area contributed by atoms with E-state index in [1.807, 2.05) is 0 Å². The second-order valence-corrected chi connectivity index (χ2v) is 15.8. The van der Waals surface area contributed by atoms with E-state index in [0.29, 0.717) is 13.0 Å². The molecule has 1 saturated heterocycles. The number of allylic oxidation sites excluding steroid dienone is 4. The van der Waals surface area contributed by atoms with Crippen molar-refractivity contribution in [2.45, 2.75) is 237 Å². The van der Waals surface area contributed by atoms with Gasteiger partial charge in [-0.1, -0.05) is 154 Å². The van der Waals surface area contributed by atoms with Crippen molar-refractivity contribution in [3.8, 4) is 0 Å². The Labute approximate surface area is 337 Å². The Balaban J connectivity index is 2.24. The molecule has 0 bridgehead atoms. The predicted molar refractivity (Wildman–Crippen MR) is 224 cm³/mol. The Hall–Kier alpha value is -1.33. The number of hydrogen-bond acceptors (Lipinski definition) is 9. The Morgan fingerprint density at radius 2 is 1.00 bits per heavy atom. The van der Waals surface area contributed by atoms with Crippen LogP contribution in [0.2, 0.25) is 0 Å². The van der Waals surface area contributed by atoms with E-state index in [-0.39, 0.29) is 19.2 Å². The Morgan fingerprint density at radius 3 is 1.51 bits per heavy atom. The normalized spacial score (nSPS) is 20.9. The Bertz CT molecular complexity index is 895. The summed E-state index contributed by atoms with van der Waals surface area (Å²) in [7, 11) is 0. The van der Waals surface area contributed by atoms with Crippen LogP contribution in [0.1, 0.15) is 200 Å². The first kappa shape index (κ1) is 51.7. The molecule has 1 aliphatic heterocycles. The topological polar surface area (TPSA) is 135 Å². The van der Waals surface area contributed by atoms with Gasteiger partial charge >= 0.3 is 5.97 Å². The highest BCUT2D eigenvalue weighted by Crippen LogP contribution is 2.22. The van der Waals surface area contributed by atoms with Gasteiger partial charge in [-0.25, -0.2) is 0 Å². The summed E-state index contributed by atoms with van der Waals surface area (Å²) < 4.78 is 22.8. The van der Waals surface area contributed by atoms with Crippen molar-refractivity contribution in [2.24, 2.45) is 0 Å². The van der Waals surface area contributed by atoms with Crippen molar-refractivity contribution < 1.29 is 44.2 Å². The van der Waals surface area contributed by atoms with Crippen LogP contribution in [-0.2, 0) is 23.7 Å². The van der Waals surface area contributed by atoms with Crippen molar-refractivity contribution >= 4 is 5.97 Å². The molecule has 0 aromatic carbocycles. The second-order valence-electron chi connectivity index (χ2n) is 15.8. The number of esters is 1. The van der Waals surface area contributed by atoms with Crippen LogP contribution in [0.4, 0.5) is 0 Å². The van der Waals surface area contributed by atoms with Crippen LogP contribution in [-0.4, -0.2) is 89.6 Å². The van der Waals surface area contributed by atoms with Crippen LogP contribution < -0.4 is 0 Å². The van der Waals surface area contributed by atoms with Gasteiger partial charge in [0.15, 0.2) is 6.29 Å². The highest BCUT2D eigenvalue weighted by molar-refractivity contribution is 5.69. The first-order chi connectivity index (χ1) is 26.9. The monoisotopic (exact) mass is 783 g/mol. The minimum atomic E-state index is -1.54. The minimum absolute atomic E-state index is 0.114. The van der Waals surface area contributed by atoms with Gasteiger partial charge < -0.3 is 39.4 Å². The van der Waals surface area contributed by atoms with Crippen LogP contribution in [0.15, 0.2) is 24.3 Å². The summed E-state index contributed by atoms with van der Waals surface area (Å²) in [5.74, 6) is -0.317. The fourth-order valence-electron chi connectivity index (χ4n) is 6.95. The summed E-state index contributed by atoms with van der Waals surface area (Å²) in [6.45, 7) is 4.53. The Morgan fingerprint density at radius 1 is 0.564 bits per heavy atom. The third kappa shape index (κ3) is 29.5. The lowest BCUT2D eigenvalue weighted by Crippen LogP contribution is -2.59.